The van der Waals surface area contributed by atoms with Crippen molar-refractivity contribution in [2.45, 2.75) is 83.8 Å². The number of aromatic nitrogens is 2. The van der Waals surface area contributed by atoms with Crippen molar-refractivity contribution in [1.29, 1.82) is 0 Å². The van der Waals surface area contributed by atoms with Gasteiger partial charge in [-0.15, -0.1) is 0 Å². The molecule has 4 rings (SSSR count). The van der Waals surface area contributed by atoms with E-state index in [-0.39, 0.29) is 41.4 Å². The van der Waals surface area contributed by atoms with Gasteiger partial charge < -0.3 is 10.2 Å². The molecule has 1 aromatic carbocycles. The quantitative estimate of drug-likeness (QED) is 0.507. The second-order valence-corrected chi connectivity index (χ2v) is 10.7. The number of ketones is 2. The van der Waals surface area contributed by atoms with Crippen LogP contribution < -0.4 is 5.32 Å². The van der Waals surface area contributed by atoms with E-state index in [4.69, 9.17) is 11.6 Å². The minimum Gasteiger partial charge on any atom is -0.338 e. The van der Waals surface area contributed by atoms with E-state index < -0.39 is 0 Å². The Kier molecular flexibility index (Phi) is 8.27. The molecule has 0 radical (unpaired) electrons. The van der Waals surface area contributed by atoms with E-state index in [1.165, 1.54) is 13.3 Å². The van der Waals surface area contributed by atoms with E-state index in [1.807, 2.05) is 22.6 Å². The zero-order valence-electron chi connectivity index (χ0n) is 21.1. The summed E-state index contributed by atoms with van der Waals surface area (Å²) in [4.78, 5) is 41.0. The van der Waals surface area contributed by atoms with Gasteiger partial charge in [-0.05, 0) is 63.8 Å². The number of rotatable bonds is 9. The standard InChI is InChI=1S/C27H37ClN4O3/c1-17(29-3)25(34)15-22(19-8-5-4-6-9-19)27(35)31-13-7-10-21(31)16-32-24-12-11-20(28)14-23(24)26(30-32)18(2)33/h11-12,14,17,19,21-22,29H,4-10,13,15-16H2,1-3H3/t17-,21-,22-/m0/s1. The van der Waals surface area contributed by atoms with Crippen LogP contribution in [-0.2, 0) is 16.1 Å². The number of carbonyl (C=O) groups excluding carboxylic acids is 3. The number of benzene rings is 1. The van der Waals surface area contributed by atoms with Crippen molar-refractivity contribution >= 4 is 40.0 Å². The number of Topliss-reactive ketones (excluding diaryl/α,β-unsaturated/α-hetero) is 2. The fourth-order valence-electron chi connectivity index (χ4n) is 5.83. The number of likely N-dealkylation sites (N-methyl/N-ethyl adjacent to an activating group) is 1. The van der Waals surface area contributed by atoms with E-state index in [9.17, 15) is 14.4 Å². The van der Waals surface area contributed by atoms with Crippen LogP contribution >= 0.6 is 11.6 Å². The maximum absolute atomic E-state index is 14.0. The van der Waals surface area contributed by atoms with E-state index in [0.29, 0.717) is 30.2 Å². The van der Waals surface area contributed by atoms with Gasteiger partial charge in [-0.1, -0.05) is 30.9 Å². The summed E-state index contributed by atoms with van der Waals surface area (Å²) in [5.74, 6) is 0.114. The summed E-state index contributed by atoms with van der Waals surface area (Å²) in [5.41, 5.74) is 1.26. The lowest BCUT2D eigenvalue weighted by molar-refractivity contribution is -0.141. The first kappa shape index (κ1) is 25.8. The van der Waals surface area contributed by atoms with Crippen molar-refractivity contribution in [3.05, 3.63) is 28.9 Å². The van der Waals surface area contributed by atoms with Crippen LogP contribution in [-0.4, -0.2) is 57.8 Å². The Labute approximate surface area is 212 Å². The van der Waals surface area contributed by atoms with E-state index in [1.54, 1.807) is 19.2 Å². The molecule has 2 heterocycles. The fourth-order valence-corrected chi connectivity index (χ4v) is 6.00. The van der Waals surface area contributed by atoms with Crippen molar-refractivity contribution < 1.29 is 14.4 Å². The molecule has 0 spiro atoms. The second kappa shape index (κ2) is 11.2. The largest absolute Gasteiger partial charge is 0.338 e. The normalized spacial score (nSPS) is 20.8. The number of hydrogen-bond donors (Lipinski definition) is 1. The number of nitrogens with one attached hydrogen (secondary N) is 1. The Morgan fingerprint density at radius 2 is 1.89 bits per heavy atom. The van der Waals surface area contributed by atoms with E-state index in [2.05, 4.69) is 10.4 Å². The molecule has 1 N–H and O–H groups in total. The molecule has 2 fully saturated rings. The Hall–Kier alpha value is -2.25. The zero-order chi connectivity index (χ0) is 25.1. The Bertz CT molecular complexity index is 1090. The molecule has 7 nitrogen and oxygen atoms in total. The number of nitrogens with zero attached hydrogens (tertiary/aromatic N) is 3. The third-order valence-corrected chi connectivity index (χ3v) is 8.20. The Balaban J connectivity index is 1.58. The molecule has 1 saturated carbocycles. The number of hydrogen-bond acceptors (Lipinski definition) is 5. The maximum atomic E-state index is 14.0. The minimum absolute atomic E-state index is 0.0102. The van der Waals surface area contributed by atoms with Gasteiger partial charge in [-0.3, -0.25) is 19.1 Å². The molecule has 1 amide bonds. The molecule has 0 bridgehead atoms. The summed E-state index contributed by atoms with van der Waals surface area (Å²) in [6, 6.07) is 5.21. The summed E-state index contributed by atoms with van der Waals surface area (Å²) in [7, 11) is 1.79. The predicted molar refractivity (Wildman–Crippen MR) is 138 cm³/mol. The van der Waals surface area contributed by atoms with Crippen LogP contribution in [0, 0.1) is 11.8 Å². The van der Waals surface area contributed by atoms with Crippen molar-refractivity contribution in [1.82, 2.24) is 20.0 Å². The highest BCUT2D eigenvalue weighted by molar-refractivity contribution is 6.31. The lowest BCUT2D eigenvalue weighted by atomic mass is 9.76. The Morgan fingerprint density at radius 3 is 2.57 bits per heavy atom. The smallest absolute Gasteiger partial charge is 0.226 e. The second-order valence-electron chi connectivity index (χ2n) is 10.3. The minimum atomic E-state index is -0.264. The zero-order valence-corrected chi connectivity index (χ0v) is 21.8. The number of halogens is 1. The topological polar surface area (TPSA) is 84.3 Å². The van der Waals surface area contributed by atoms with Crippen molar-refractivity contribution in [2.75, 3.05) is 13.6 Å². The van der Waals surface area contributed by atoms with E-state index in [0.717, 1.165) is 49.4 Å². The highest BCUT2D eigenvalue weighted by atomic mass is 35.5. The van der Waals surface area contributed by atoms with Crippen molar-refractivity contribution in [3.8, 4) is 0 Å². The first-order valence-electron chi connectivity index (χ1n) is 13.0. The molecule has 1 aliphatic carbocycles. The van der Waals surface area contributed by atoms with Crippen LogP contribution in [0.2, 0.25) is 5.02 Å². The monoisotopic (exact) mass is 500 g/mol. The Morgan fingerprint density at radius 1 is 1.14 bits per heavy atom. The van der Waals surface area contributed by atoms with Gasteiger partial charge in [0.15, 0.2) is 5.78 Å². The van der Waals surface area contributed by atoms with Gasteiger partial charge in [-0.25, -0.2) is 0 Å². The number of likely N-dealkylation sites (tertiary alicyclic amines) is 1. The fraction of sp³-hybridized carbons (Fsp3) is 0.630. The first-order valence-corrected chi connectivity index (χ1v) is 13.4. The third kappa shape index (κ3) is 5.61. The number of carbonyl (C=O) groups is 3. The van der Waals surface area contributed by atoms with Crippen LogP contribution in [0.1, 0.15) is 75.7 Å². The summed E-state index contributed by atoms with van der Waals surface area (Å²) in [6.07, 6.45) is 7.61. The SMILES string of the molecule is CN[C@@H](C)C(=O)C[C@H](C(=O)N1CCC[C@H]1Cn1nc(C(C)=O)c2cc(Cl)ccc21)C1CCCCC1. The molecule has 1 aromatic heterocycles. The van der Waals surface area contributed by atoms with Gasteiger partial charge in [0.05, 0.1) is 24.1 Å². The number of fused-ring (bicyclic) bond motifs is 1. The summed E-state index contributed by atoms with van der Waals surface area (Å²) < 4.78 is 1.85. The van der Waals surface area contributed by atoms with Gasteiger partial charge in [0.25, 0.3) is 0 Å². The highest BCUT2D eigenvalue weighted by Crippen LogP contribution is 2.35. The molecule has 190 valence electrons. The summed E-state index contributed by atoms with van der Waals surface area (Å²) in [6.45, 7) is 4.60. The maximum Gasteiger partial charge on any atom is 0.226 e. The van der Waals surface area contributed by atoms with Crippen LogP contribution in [0.15, 0.2) is 18.2 Å². The van der Waals surface area contributed by atoms with Crippen LogP contribution in [0.4, 0.5) is 0 Å². The van der Waals surface area contributed by atoms with Crippen LogP contribution in [0.5, 0.6) is 0 Å². The molecule has 8 heteroatoms. The lowest BCUT2D eigenvalue weighted by Gasteiger charge is -2.35. The molecule has 1 saturated heterocycles. The van der Waals surface area contributed by atoms with Crippen molar-refractivity contribution in [2.24, 2.45) is 11.8 Å². The molecule has 2 aliphatic rings. The molecule has 1 aliphatic heterocycles. The first-order chi connectivity index (χ1) is 16.8. The highest BCUT2D eigenvalue weighted by Gasteiger charge is 2.39. The molecule has 35 heavy (non-hydrogen) atoms. The van der Waals surface area contributed by atoms with Crippen molar-refractivity contribution in [3.63, 3.8) is 0 Å². The molecule has 3 atom stereocenters. The molecule has 2 aromatic rings. The molecular weight excluding hydrogens is 464 g/mol. The predicted octanol–water partition coefficient (Wildman–Crippen LogP) is 4.65. The molecular formula is C27H37ClN4O3. The van der Waals surface area contributed by atoms with Gasteiger partial charge in [0.2, 0.25) is 5.91 Å². The lowest BCUT2D eigenvalue weighted by Crippen LogP contribution is -2.45. The third-order valence-electron chi connectivity index (χ3n) is 7.96. The molecule has 0 unspecified atom stereocenters. The summed E-state index contributed by atoms with van der Waals surface area (Å²) in [5, 5.41) is 8.95. The van der Waals surface area contributed by atoms with Crippen LogP contribution in [0.3, 0.4) is 0 Å². The van der Waals surface area contributed by atoms with E-state index >= 15 is 0 Å². The number of amides is 1. The van der Waals surface area contributed by atoms with Gasteiger partial charge >= 0.3 is 0 Å². The van der Waals surface area contributed by atoms with Gasteiger partial charge in [-0.2, -0.15) is 5.10 Å². The average molecular weight is 501 g/mol. The average Bonchev–Trinajstić information content (AvgIpc) is 3.46. The van der Waals surface area contributed by atoms with Crippen LogP contribution in [0.25, 0.3) is 10.9 Å². The van der Waals surface area contributed by atoms with Gasteiger partial charge in [0, 0.05) is 36.2 Å². The summed E-state index contributed by atoms with van der Waals surface area (Å²) >= 11 is 6.19. The van der Waals surface area contributed by atoms with Gasteiger partial charge in [0.1, 0.15) is 11.5 Å².